The first kappa shape index (κ1) is 23.5. The molecule has 0 saturated carbocycles. The van der Waals surface area contributed by atoms with Gasteiger partial charge < -0.3 is 4.74 Å². The van der Waals surface area contributed by atoms with Crippen LogP contribution < -0.4 is 4.74 Å². The van der Waals surface area contributed by atoms with Gasteiger partial charge in [-0.2, -0.15) is 0 Å². The van der Waals surface area contributed by atoms with Crippen molar-refractivity contribution < 1.29 is 22.7 Å². The van der Waals surface area contributed by atoms with Crippen LogP contribution in [0, 0.1) is 0 Å². The minimum Gasteiger partial charge on any atom is -0.406 e. The molecule has 1 aromatic heterocycles. The molecule has 0 aliphatic carbocycles. The van der Waals surface area contributed by atoms with E-state index < -0.39 is 6.36 Å². The summed E-state index contributed by atoms with van der Waals surface area (Å²) in [6, 6.07) is 20.2. The maximum absolute atomic E-state index is 12.3. The quantitative estimate of drug-likeness (QED) is 0.297. The van der Waals surface area contributed by atoms with E-state index in [9.17, 15) is 18.0 Å². The zero-order valence-corrected chi connectivity index (χ0v) is 18.6. The number of Topliss-reactive ketones (excluding diaryl/α,β-unsaturated/α-hetero) is 1. The Bertz CT molecular complexity index is 1270. The molecule has 0 spiro atoms. The summed E-state index contributed by atoms with van der Waals surface area (Å²) in [6.45, 7) is 0. The van der Waals surface area contributed by atoms with Crippen LogP contribution in [0.25, 0.3) is 17.1 Å². The van der Waals surface area contributed by atoms with Crippen LogP contribution >= 0.6 is 11.6 Å². The van der Waals surface area contributed by atoms with E-state index in [2.05, 4.69) is 14.8 Å². The molecule has 0 aliphatic heterocycles. The molecule has 0 bridgehead atoms. The van der Waals surface area contributed by atoms with E-state index in [1.54, 1.807) is 12.1 Å². The summed E-state index contributed by atoms with van der Waals surface area (Å²) in [5.74, 6) is 0.302. The summed E-state index contributed by atoms with van der Waals surface area (Å²) in [4.78, 5) is 16.6. The van der Waals surface area contributed by atoms with Gasteiger partial charge in [-0.3, -0.25) is 4.79 Å². The molecule has 0 radical (unpaired) electrons. The maximum Gasteiger partial charge on any atom is 0.573 e. The van der Waals surface area contributed by atoms with E-state index in [-0.39, 0.29) is 11.5 Å². The number of hydrogen-bond acceptors (Lipinski definition) is 4. The number of carbonyl (C=O) groups excluding carboxylic acids is 1. The molecule has 34 heavy (non-hydrogen) atoms. The Morgan fingerprint density at radius 2 is 1.71 bits per heavy atom. The average Bonchev–Trinajstić information content (AvgIpc) is 3.28. The second-order valence-corrected chi connectivity index (χ2v) is 8.03. The number of halogens is 4. The van der Waals surface area contributed by atoms with Gasteiger partial charge in [-0.1, -0.05) is 48.0 Å². The number of rotatable bonds is 8. The lowest BCUT2D eigenvalue weighted by Crippen LogP contribution is -2.17. The predicted molar refractivity (Wildman–Crippen MR) is 122 cm³/mol. The molecule has 4 rings (SSSR count). The predicted octanol–water partition coefficient (Wildman–Crippen LogP) is 6.23. The molecule has 3 aromatic carbocycles. The molecule has 5 nitrogen and oxygen atoms in total. The number of ketones is 1. The van der Waals surface area contributed by atoms with Crippen molar-refractivity contribution in [3.05, 3.63) is 95.3 Å². The van der Waals surface area contributed by atoms with Crippen LogP contribution in [0.3, 0.4) is 0 Å². The van der Waals surface area contributed by atoms with Gasteiger partial charge in [0.1, 0.15) is 17.9 Å². The number of hydrogen-bond donors (Lipinski definition) is 0. The maximum atomic E-state index is 12.3. The molecule has 1 heterocycles. The van der Waals surface area contributed by atoms with Gasteiger partial charge in [0.25, 0.3) is 0 Å². The fourth-order valence-corrected chi connectivity index (χ4v) is 3.60. The largest absolute Gasteiger partial charge is 0.573 e. The lowest BCUT2D eigenvalue weighted by Gasteiger charge is -2.09. The second-order valence-electron chi connectivity index (χ2n) is 7.60. The highest BCUT2D eigenvalue weighted by Crippen LogP contribution is 2.24. The molecule has 0 aliphatic rings. The molecular formula is C25H19ClF3N3O2. The zero-order chi connectivity index (χ0) is 24.1. The lowest BCUT2D eigenvalue weighted by molar-refractivity contribution is -0.274. The normalized spacial score (nSPS) is 11.4. The summed E-state index contributed by atoms with van der Waals surface area (Å²) in [7, 11) is 0. The summed E-state index contributed by atoms with van der Waals surface area (Å²) in [5.41, 5.74) is 3.24. The van der Waals surface area contributed by atoms with Gasteiger partial charge in [-0.05, 0) is 53.9 Å². The van der Waals surface area contributed by atoms with Crippen molar-refractivity contribution in [1.29, 1.82) is 0 Å². The van der Waals surface area contributed by atoms with Crippen molar-refractivity contribution in [2.75, 3.05) is 0 Å². The number of aromatic nitrogens is 3. The average molecular weight is 486 g/mol. The van der Waals surface area contributed by atoms with E-state index in [1.165, 1.54) is 35.3 Å². The number of aryl methyl sites for hydroxylation is 1. The van der Waals surface area contributed by atoms with Gasteiger partial charge in [0, 0.05) is 23.4 Å². The molecule has 9 heteroatoms. The summed E-state index contributed by atoms with van der Waals surface area (Å²) in [5, 5.41) is 5.01. The minimum absolute atomic E-state index is 0.137. The highest BCUT2D eigenvalue weighted by Gasteiger charge is 2.31. The number of nitrogens with zero attached hydrogens (tertiary/aromatic N) is 3. The summed E-state index contributed by atoms with van der Waals surface area (Å²) in [6.07, 6.45) is -1.86. The summed E-state index contributed by atoms with van der Waals surface area (Å²) < 4.78 is 42.3. The van der Waals surface area contributed by atoms with Crippen molar-refractivity contribution in [3.63, 3.8) is 0 Å². The van der Waals surface area contributed by atoms with Gasteiger partial charge in [0.05, 0.1) is 5.69 Å². The lowest BCUT2D eigenvalue weighted by atomic mass is 10.0. The molecular weight excluding hydrogens is 467 g/mol. The minimum atomic E-state index is -4.74. The Morgan fingerprint density at radius 3 is 2.38 bits per heavy atom. The van der Waals surface area contributed by atoms with Crippen molar-refractivity contribution in [3.8, 4) is 22.8 Å². The molecule has 0 unspecified atom stereocenters. The van der Waals surface area contributed by atoms with Gasteiger partial charge in [0.15, 0.2) is 5.82 Å². The van der Waals surface area contributed by atoms with Crippen LogP contribution in [0.15, 0.2) is 79.1 Å². The smallest absolute Gasteiger partial charge is 0.406 e. The number of carbonyl (C=O) groups is 1. The van der Waals surface area contributed by atoms with Crippen molar-refractivity contribution in [1.82, 2.24) is 14.8 Å². The topological polar surface area (TPSA) is 57.0 Å². The third-order valence-electron chi connectivity index (χ3n) is 5.02. The fourth-order valence-electron chi connectivity index (χ4n) is 3.39. The highest BCUT2D eigenvalue weighted by molar-refractivity contribution is 6.30. The molecule has 174 valence electrons. The van der Waals surface area contributed by atoms with E-state index in [0.29, 0.717) is 35.8 Å². The first-order chi connectivity index (χ1) is 16.2. The van der Waals surface area contributed by atoms with Crippen LogP contribution in [-0.2, 0) is 17.6 Å². The van der Waals surface area contributed by atoms with Gasteiger partial charge in [0.2, 0.25) is 0 Å². The SMILES string of the molecule is O=C(CCc1ccc(-c2ncn(-c3ccc(OC(F)(F)F)cc3)n2)cc1)Cc1cccc(Cl)c1. The summed E-state index contributed by atoms with van der Waals surface area (Å²) >= 11 is 5.96. The van der Waals surface area contributed by atoms with E-state index in [0.717, 1.165) is 16.7 Å². The van der Waals surface area contributed by atoms with Crippen molar-refractivity contribution >= 4 is 17.4 Å². The second kappa shape index (κ2) is 10.1. The van der Waals surface area contributed by atoms with E-state index >= 15 is 0 Å². The van der Waals surface area contributed by atoms with Crippen LogP contribution in [0.4, 0.5) is 13.2 Å². The molecule has 0 fully saturated rings. The third-order valence-corrected chi connectivity index (χ3v) is 5.26. The molecule has 0 amide bonds. The van der Waals surface area contributed by atoms with Gasteiger partial charge in [-0.15, -0.1) is 18.3 Å². The van der Waals surface area contributed by atoms with Crippen LogP contribution in [0.1, 0.15) is 17.5 Å². The standard InChI is InChI=1S/C25H19ClF3N3O2/c26-20-3-1-2-18(14-20)15-22(33)11-6-17-4-7-19(8-5-17)24-30-16-32(31-24)21-9-12-23(13-10-21)34-25(27,28)29/h1-5,7-10,12-14,16H,6,11,15H2. The molecule has 0 saturated heterocycles. The highest BCUT2D eigenvalue weighted by atomic mass is 35.5. The van der Waals surface area contributed by atoms with Gasteiger partial charge in [-0.25, -0.2) is 9.67 Å². The molecule has 4 aromatic rings. The van der Waals surface area contributed by atoms with E-state index in [4.69, 9.17) is 11.6 Å². The monoisotopic (exact) mass is 485 g/mol. The molecule has 0 atom stereocenters. The van der Waals surface area contributed by atoms with Crippen LogP contribution in [-0.4, -0.2) is 26.9 Å². The van der Waals surface area contributed by atoms with Crippen LogP contribution in [0.5, 0.6) is 5.75 Å². The Hall–Kier alpha value is -3.65. The number of benzene rings is 3. The Balaban J connectivity index is 1.35. The number of alkyl halides is 3. The first-order valence-corrected chi connectivity index (χ1v) is 10.8. The third kappa shape index (κ3) is 6.45. The fraction of sp³-hybridized carbons (Fsp3) is 0.160. The van der Waals surface area contributed by atoms with Gasteiger partial charge >= 0.3 is 6.36 Å². The Morgan fingerprint density at radius 1 is 0.971 bits per heavy atom. The Labute approximate surface area is 198 Å². The Kier molecular flexibility index (Phi) is 6.98. The molecule has 0 N–H and O–H groups in total. The van der Waals surface area contributed by atoms with Crippen molar-refractivity contribution in [2.24, 2.45) is 0 Å². The van der Waals surface area contributed by atoms with E-state index in [1.807, 2.05) is 36.4 Å². The zero-order valence-electron chi connectivity index (χ0n) is 17.8. The number of ether oxygens (including phenoxy) is 1. The first-order valence-electron chi connectivity index (χ1n) is 10.4. The van der Waals surface area contributed by atoms with Crippen LogP contribution in [0.2, 0.25) is 5.02 Å². The van der Waals surface area contributed by atoms with Crippen molar-refractivity contribution in [2.45, 2.75) is 25.6 Å².